The van der Waals surface area contributed by atoms with Crippen LogP contribution < -0.4 is 5.32 Å². The third kappa shape index (κ3) is 3.54. The molecule has 0 spiro atoms. The number of hydrogen-bond donors (Lipinski definition) is 1. The molecule has 20 heavy (non-hydrogen) atoms. The van der Waals surface area contributed by atoms with Crippen molar-refractivity contribution >= 4 is 17.5 Å². The number of carbonyl (C=O) groups is 1. The lowest BCUT2D eigenvalue weighted by Gasteiger charge is -2.18. The molecule has 0 aliphatic carbocycles. The molecular formula is C13H15ClN4O2. The molecule has 0 aromatic carbocycles. The zero-order chi connectivity index (χ0) is 14.8. The molecule has 0 atom stereocenters. The standard InChI is InChI=1S/C13H15ClN4O2/c1-13(2,3)9-4-8(5-10(14)17-9)12(19)15-6-11-16-7-20-18-11/h4-5,7H,6H2,1-3H3,(H,15,19). The molecule has 0 fully saturated rings. The average Bonchev–Trinajstić information content (AvgIpc) is 2.87. The molecule has 2 aromatic rings. The molecule has 2 aromatic heterocycles. The fourth-order valence-electron chi connectivity index (χ4n) is 1.54. The first-order chi connectivity index (χ1) is 9.36. The Balaban J connectivity index is 2.15. The molecule has 106 valence electrons. The Morgan fingerprint density at radius 2 is 2.15 bits per heavy atom. The van der Waals surface area contributed by atoms with Gasteiger partial charge in [-0.1, -0.05) is 37.5 Å². The maximum Gasteiger partial charge on any atom is 0.251 e. The molecular weight excluding hydrogens is 280 g/mol. The molecule has 1 amide bonds. The maximum absolute atomic E-state index is 12.1. The summed E-state index contributed by atoms with van der Waals surface area (Å²) in [5.74, 6) is 0.152. The number of aromatic nitrogens is 3. The predicted molar refractivity (Wildman–Crippen MR) is 73.4 cm³/mol. The van der Waals surface area contributed by atoms with Crippen LogP contribution in [0.25, 0.3) is 0 Å². The molecule has 2 rings (SSSR count). The Morgan fingerprint density at radius 1 is 1.40 bits per heavy atom. The fraction of sp³-hybridized carbons (Fsp3) is 0.385. The summed E-state index contributed by atoms with van der Waals surface area (Å²) in [6.45, 7) is 6.21. The Bertz CT molecular complexity index is 605. The van der Waals surface area contributed by atoms with Crippen molar-refractivity contribution in [3.05, 3.63) is 40.8 Å². The Morgan fingerprint density at radius 3 is 2.75 bits per heavy atom. The van der Waals surface area contributed by atoms with Crippen molar-refractivity contribution in [2.75, 3.05) is 0 Å². The largest absolute Gasteiger partial charge is 0.345 e. The summed E-state index contributed by atoms with van der Waals surface area (Å²) in [6.07, 6.45) is 1.21. The first-order valence-corrected chi connectivity index (χ1v) is 6.45. The van der Waals surface area contributed by atoms with Crippen molar-refractivity contribution in [1.82, 2.24) is 20.4 Å². The minimum Gasteiger partial charge on any atom is -0.345 e. The number of nitrogens with zero attached hydrogens (tertiary/aromatic N) is 3. The summed E-state index contributed by atoms with van der Waals surface area (Å²) in [5.41, 5.74) is 1.03. The molecule has 0 aliphatic rings. The second-order valence-corrected chi connectivity index (χ2v) is 5.73. The van der Waals surface area contributed by atoms with Gasteiger partial charge in [0.2, 0.25) is 6.39 Å². The molecule has 0 bridgehead atoms. The van der Waals surface area contributed by atoms with Gasteiger partial charge in [0.25, 0.3) is 5.91 Å². The van der Waals surface area contributed by atoms with Gasteiger partial charge in [-0.2, -0.15) is 4.98 Å². The van der Waals surface area contributed by atoms with E-state index in [-0.39, 0.29) is 17.9 Å². The van der Waals surface area contributed by atoms with Gasteiger partial charge in [0.05, 0.1) is 6.54 Å². The van der Waals surface area contributed by atoms with E-state index >= 15 is 0 Å². The van der Waals surface area contributed by atoms with Gasteiger partial charge in [0.15, 0.2) is 5.82 Å². The second-order valence-electron chi connectivity index (χ2n) is 5.34. The Hall–Kier alpha value is -1.95. The zero-order valence-electron chi connectivity index (χ0n) is 11.5. The van der Waals surface area contributed by atoms with Gasteiger partial charge in [0.1, 0.15) is 5.15 Å². The number of pyridine rings is 1. The highest BCUT2D eigenvalue weighted by atomic mass is 35.5. The van der Waals surface area contributed by atoms with E-state index in [2.05, 4.69) is 25.0 Å². The number of amides is 1. The van der Waals surface area contributed by atoms with Crippen LogP contribution in [0.2, 0.25) is 5.15 Å². The fourth-order valence-corrected chi connectivity index (χ4v) is 1.75. The zero-order valence-corrected chi connectivity index (χ0v) is 12.2. The lowest BCUT2D eigenvalue weighted by Crippen LogP contribution is -2.24. The van der Waals surface area contributed by atoms with Crippen LogP contribution in [0.3, 0.4) is 0 Å². The van der Waals surface area contributed by atoms with Gasteiger partial charge in [0, 0.05) is 16.7 Å². The van der Waals surface area contributed by atoms with Gasteiger partial charge < -0.3 is 9.84 Å². The molecule has 0 unspecified atom stereocenters. The number of halogens is 1. The second kappa shape index (κ2) is 5.58. The molecule has 0 saturated carbocycles. The Kier molecular flexibility index (Phi) is 4.04. The number of rotatable bonds is 3. The van der Waals surface area contributed by atoms with Gasteiger partial charge in [-0.05, 0) is 12.1 Å². The van der Waals surface area contributed by atoms with Crippen LogP contribution in [-0.2, 0) is 12.0 Å². The lowest BCUT2D eigenvalue weighted by molar-refractivity contribution is 0.0949. The van der Waals surface area contributed by atoms with Crippen LogP contribution in [0.4, 0.5) is 0 Å². The monoisotopic (exact) mass is 294 g/mol. The van der Waals surface area contributed by atoms with E-state index in [1.807, 2.05) is 20.8 Å². The summed E-state index contributed by atoms with van der Waals surface area (Å²) in [7, 11) is 0. The smallest absolute Gasteiger partial charge is 0.251 e. The quantitative estimate of drug-likeness (QED) is 0.879. The van der Waals surface area contributed by atoms with Crippen LogP contribution in [0.15, 0.2) is 23.0 Å². The highest BCUT2D eigenvalue weighted by molar-refractivity contribution is 6.29. The Labute approximate surface area is 121 Å². The van der Waals surface area contributed by atoms with E-state index in [9.17, 15) is 4.79 Å². The minimum atomic E-state index is -0.260. The van der Waals surface area contributed by atoms with E-state index in [1.54, 1.807) is 6.07 Å². The molecule has 7 heteroatoms. The van der Waals surface area contributed by atoms with Gasteiger partial charge in [-0.25, -0.2) is 4.98 Å². The predicted octanol–water partition coefficient (Wildman–Crippen LogP) is 2.35. The number of carbonyl (C=O) groups excluding carboxylic acids is 1. The van der Waals surface area contributed by atoms with Crippen molar-refractivity contribution in [3.63, 3.8) is 0 Å². The van der Waals surface area contributed by atoms with E-state index in [0.717, 1.165) is 5.69 Å². The first-order valence-electron chi connectivity index (χ1n) is 6.08. The highest BCUT2D eigenvalue weighted by Crippen LogP contribution is 2.23. The van der Waals surface area contributed by atoms with E-state index < -0.39 is 0 Å². The van der Waals surface area contributed by atoms with Crippen LogP contribution in [0, 0.1) is 0 Å². The van der Waals surface area contributed by atoms with Crippen molar-refractivity contribution in [3.8, 4) is 0 Å². The van der Waals surface area contributed by atoms with E-state index in [0.29, 0.717) is 16.5 Å². The van der Waals surface area contributed by atoms with Crippen LogP contribution in [0.5, 0.6) is 0 Å². The normalized spacial score (nSPS) is 11.4. The van der Waals surface area contributed by atoms with Crippen molar-refractivity contribution < 1.29 is 9.32 Å². The van der Waals surface area contributed by atoms with Crippen molar-refractivity contribution in [2.45, 2.75) is 32.7 Å². The summed E-state index contributed by atoms with van der Waals surface area (Å²) in [6, 6.07) is 3.26. The first kappa shape index (κ1) is 14.5. The molecule has 6 nitrogen and oxygen atoms in total. The number of hydrogen-bond acceptors (Lipinski definition) is 5. The molecule has 1 N–H and O–H groups in total. The summed E-state index contributed by atoms with van der Waals surface area (Å²) in [5, 5.41) is 6.61. The topological polar surface area (TPSA) is 80.9 Å². The van der Waals surface area contributed by atoms with Crippen LogP contribution in [-0.4, -0.2) is 21.0 Å². The maximum atomic E-state index is 12.1. The van der Waals surface area contributed by atoms with Crippen LogP contribution in [0.1, 0.15) is 42.6 Å². The molecule has 2 heterocycles. The van der Waals surface area contributed by atoms with Crippen molar-refractivity contribution in [1.29, 1.82) is 0 Å². The summed E-state index contributed by atoms with van der Waals surface area (Å²) >= 11 is 5.97. The summed E-state index contributed by atoms with van der Waals surface area (Å²) < 4.78 is 4.59. The molecule has 0 saturated heterocycles. The van der Waals surface area contributed by atoms with Gasteiger partial charge in [-0.15, -0.1) is 0 Å². The van der Waals surface area contributed by atoms with E-state index in [1.165, 1.54) is 12.5 Å². The lowest BCUT2D eigenvalue weighted by atomic mass is 9.91. The molecule has 0 aliphatic heterocycles. The van der Waals surface area contributed by atoms with E-state index in [4.69, 9.17) is 11.6 Å². The summed E-state index contributed by atoms with van der Waals surface area (Å²) in [4.78, 5) is 20.2. The SMILES string of the molecule is CC(C)(C)c1cc(C(=O)NCc2ncon2)cc(Cl)n1. The highest BCUT2D eigenvalue weighted by Gasteiger charge is 2.19. The minimum absolute atomic E-state index is 0.187. The van der Waals surface area contributed by atoms with Crippen LogP contribution >= 0.6 is 11.6 Å². The van der Waals surface area contributed by atoms with Crippen molar-refractivity contribution in [2.24, 2.45) is 0 Å². The third-order valence-electron chi connectivity index (χ3n) is 2.64. The third-order valence-corrected chi connectivity index (χ3v) is 2.83. The average molecular weight is 295 g/mol. The van der Waals surface area contributed by atoms with Gasteiger partial charge in [-0.3, -0.25) is 4.79 Å². The molecule has 0 radical (unpaired) electrons. The van der Waals surface area contributed by atoms with Gasteiger partial charge >= 0.3 is 0 Å². The number of nitrogens with one attached hydrogen (secondary N) is 1.